The van der Waals surface area contributed by atoms with Crippen LogP contribution in [-0.4, -0.2) is 9.78 Å². The molecular formula is C10H8BrF2N3. The summed E-state index contributed by atoms with van der Waals surface area (Å²) in [6, 6.07) is 3.90. The Morgan fingerprint density at radius 1 is 1.38 bits per heavy atom. The van der Waals surface area contributed by atoms with Crippen LogP contribution < -0.4 is 5.73 Å². The van der Waals surface area contributed by atoms with E-state index in [1.54, 1.807) is 7.05 Å². The molecule has 0 aliphatic heterocycles. The first-order valence-corrected chi connectivity index (χ1v) is 5.23. The Balaban J connectivity index is 2.68. The highest BCUT2D eigenvalue weighted by molar-refractivity contribution is 9.10. The van der Waals surface area contributed by atoms with Crippen molar-refractivity contribution in [3.05, 3.63) is 34.3 Å². The van der Waals surface area contributed by atoms with E-state index in [0.717, 1.165) is 0 Å². The van der Waals surface area contributed by atoms with E-state index in [1.807, 2.05) is 0 Å². The van der Waals surface area contributed by atoms with Crippen LogP contribution >= 0.6 is 15.9 Å². The van der Waals surface area contributed by atoms with E-state index in [9.17, 15) is 8.78 Å². The second kappa shape index (κ2) is 3.86. The second-order valence-electron chi connectivity index (χ2n) is 3.30. The van der Waals surface area contributed by atoms with E-state index in [-0.39, 0.29) is 15.7 Å². The maximum Gasteiger partial charge on any atom is 0.149 e. The molecule has 0 radical (unpaired) electrons. The van der Waals surface area contributed by atoms with Crippen LogP contribution in [0.1, 0.15) is 0 Å². The fourth-order valence-corrected chi connectivity index (χ4v) is 1.70. The Bertz CT molecular complexity index is 532. The number of hydrogen-bond donors (Lipinski definition) is 1. The van der Waals surface area contributed by atoms with E-state index in [0.29, 0.717) is 5.82 Å². The molecule has 0 saturated carbocycles. The van der Waals surface area contributed by atoms with Crippen LogP contribution in [0.3, 0.4) is 0 Å². The van der Waals surface area contributed by atoms with Crippen LogP contribution in [0.2, 0.25) is 0 Å². The van der Waals surface area contributed by atoms with Crippen LogP contribution in [0.4, 0.5) is 14.6 Å². The quantitative estimate of drug-likeness (QED) is 0.820. The van der Waals surface area contributed by atoms with Gasteiger partial charge in [-0.25, -0.2) is 8.78 Å². The highest BCUT2D eigenvalue weighted by Gasteiger charge is 2.17. The number of nitrogens with zero attached hydrogens (tertiary/aromatic N) is 2. The number of rotatable bonds is 1. The molecule has 0 spiro atoms. The number of benzene rings is 1. The molecule has 0 aliphatic rings. The first-order chi connectivity index (χ1) is 7.50. The molecule has 0 amide bonds. The zero-order valence-corrected chi connectivity index (χ0v) is 9.92. The standard InChI is InChI=1S/C10H8BrF2N3/c1-16-8(14)4-7(15-16)9-6(12)3-2-5(11)10(9)13/h2-4H,14H2,1H3. The molecule has 0 atom stereocenters. The van der Waals surface area contributed by atoms with Crippen LogP contribution in [0.15, 0.2) is 22.7 Å². The lowest BCUT2D eigenvalue weighted by atomic mass is 10.1. The first-order valence-electron chi connectivity index (χ1n) is 4.44. The van der Waals surface area contributed by atoms with E-state index < -0.39 is 11.6 Å². The summed E-state index contributed by atoms with van der Waals surface area (Å²) < 4.78 is 28.8. The van der Waals surface area contributed by atoms with Gasteiger partial charge in [-0.15, -0.1) is 0 Å². The van der Waals surface area contributed by atoms with Crippen molar-refractivity contribution < 1.29 is 8.78 Å². The minimum absolute atomic E-state index is 0.177. The minimum atomic E-state index is -0.682. The van der Waals surface area contributed by atoms with Crippen molar-refractivity contribution in [3.63, 3.8) is 0 Å². The molecule has 84 valence electrons. The smallest absolute Gasteiger partial charge is 0.149 e. The fourth-order valence-electron chi connectivity index (χ4n) is 1.37. The van der Waals surface area contributed by atoms with Gasteiger partial charge in [0.15, 0.2) is 0 Å². The minimum Gasteiger partial charge on any atom is -0.384 e. The van der Waals surface area contributed by atoms with Crippen LogP contribution in [0.25, 0.3) is 11.3 Å². The number of aryl methyl sites for hydroxylation is 1. The Hall–Kier alpha value is -1.43. The highest BCUT2D eigenvalue weighted by Crippen LogP contribution is 2.30. The first kappa shape index (κ1) is 11.1. The molecule has 1 aromatic carbocycles. The van der Waals surface area contributed by atoms with Gasteiger partial charge in [0.1, 0.15) is 23.1 Å². The van der Waals surface area contributed by atoms with Crippen LogP contribution in [-0.2, 0) is 7.05 Å². The van der Waals surface area contributed by atoms with Crippen molar-refractivity contribution in [2.24, 2.45) is 7.05 Å². The molecule has 16 heavy (non-hydrogen) atoms. The molecule has 0 aliphatic carbocycles. The van der Waals surface area contributed by atoms with E-state index in [2.05, 4.69) is 21.0 Å². The van der Waals surface area contributed by atoms with Gasteiger partial charge in [0.05, 0.1) is 10.0 Å². The molecule has 2 rings (SSSR count). The Morgan fingerprint density at radius 3 is 2.62 bits per heavy atom. The average Bonchev–Trinajstić information content (AvgIpc) is 2.54. The predicted molar refractivity (Wildman–Crippen MR) is 60.7 cm³/mol. The SMILES string of the molecule is Cn1nc(-c2c(F)ccc(Br)c2F)cc1N. The summed E-state index contributed by atoms with van der Waals surface area (Å²) in [5, 5.41) is 3.93. The Labute approximate surface area is 99.0 Å². The van der Waals surface area contributed by atoms with Gasteiger partial charge in [-0.05, 0) is 28.1 Å². The lowest BCUT2D eigenvalue weighted by molar-refractivity contribution is 0.583. The van der Waals surface area contributed by atoms with Crippen LogP contribution in [0.5, 0.6) is 0 Å². The summed E-state index contributed by atoms with van der Waals surface area (Å²) in [6.07, 6.45) is 0. The highest BCUT2D eigenvalue weighted by atomic mass is 79.9. The van der Waals surface area contributed by atoms with Crippen molar-refractivity contribution >= 4 is 21.7 Å². The van der Waals surface area contributed by atoms with Crippen molar-refractivity contribution in [2.45, 2.75) is 0 Å². The van der Waals surface area contributed by atoms with Gasteiger partial charge in [0.25, 0.3) is 0 Å². The molecule has 2 N–H and O–H groups in total. The summed E-state index contributed by atoms with van der Waals surface area (Å²) in [5.41, 5.74) is 5.56. The average molecular weight is 288 g/mol. The molecular weight excluding hydrogens is 280 g/mol. The Morgan fingerprint density at radius 2 is 2.06 bits per heavy atom. The Kier molecular flexibility index (Phi) is 2.67. The molecule has 1 aromatic heterocycles. The van der Waals surface area contributed by atoms with Crippen molar-refractivity contribution in [1.82, 2.24) is 9.78 Å². The van der Waals surface area contributed by atoms with Gasteiger partial charge < -0.3 is 5.73 Å². The van der Waals surface area contributed by atoms with Gasteiger partial charge in [-0.1, -0.05) is 0 Å². The topological polar surface area (TPSA) is 43.8 Å². The molecule has 0 fully saturated rings. The van der Waals surface area contributed by atoms with Gasteiger partial charge in [-0.2, -0.15) is 5.10 Å². The molecule has 0 saturated heterocycles. The van der Waals surface area contributed by atoms with E-state index in [4.69, 9.17) is 5.73 Å². The number of hydrogen-bond acceptors (Lipinski definition) is 2. The molecule has 2 aromatic rings. The van der Waals surface area contributed by atoms with Crippen molar-refractivity contribution in [2.75, 3.05) is 5.73 Å². The number of nitrogen functional groups attached to an aromatic ring is 1. The van der Waals surface area contributed by atoms with Gasteiger partial charge in [-0.3, -0.25) is 4.68 Å². The predicted octanol–water partition coefficient (Wildman–Crippen LogP) is 2.71. The third-order valence-electron chi connectivity index (χ3n) is 2.22. The molecule has 0 bridgehead atoms. The third-order valence-corrected chi connectivity index (χ3v) is 2.83. The second-order valence-corrected chi connectivity index (χ2v) is 4.15. The molecule has 1 heterocycles. The molecule has 6 heteroatoms. The van der Waals surface area contributed by atoms with E-state index in [1.165, 1.54) is 22.9 Å². The van der Waals surface area contributed by atoms with Crippen molar-refractivity contribution in [3.8, 4) is 11.3 Å². The van der Waals surface area contributed by atoms with Gasteiger partial charge in [0.2, 0.25) is 0 Å². The zero-order valence-electron chi connectivity index (χ0n) is 8.34. The zero-order chi connectivity index (χ0) is 11.9. The van der Waals surface area contributed by atoms with Crippen molar-refractivity contribution in [1.29, 1.82) is 0 Å². The summed E-state index contributed by atoms with van der Waals surface area (Å²) in [4.78, 5) is 0. The summed E-state index contributed by atoms with van der Waals surface area (Å²) in [6.45, 7) is 0. The molecule has 3 nitrogen and oxygen atoms in total. The lowest BCUT2D eigenvalue weighted by Crippen LogP contribution is -1.97. The summed E-state index contributed by atoms with van der Waals surface area (Å²) in [7, 11) is 1.60. The number of halogens is 3. The van der Waals surface area contributed by atoms with E-state index >= 15 is 0 Å². The van der Waals surface area contributed by atoms with Crippen LogP contribution in [0, 0.1) is 11.6 Å². The summed E-state index contributed by atoms with van der Waals surface area (Å²) >= 11 is 3.00. The largest absolute Gasteiger partial charge is 0.384 e. The van der Waals surface area contributed by atoms with Gasteiger partial charge in [0, 0.05) is 13.1 Å². The number of aromatic nitrogens is 2. The maximum absolute atomic E-state index is 13.7. The third kappa shape index (κ3) is 1.69. The number of anilines is 1. The number of nitrogens with two attached hydrogens (primary N) is 1. The normalized spacial score (nSPS) is 10.8. The maximum atomic E-state index is 13.7. The van der Waals surface area contributed by atoms with Gasteiger partial charge >= 0.3 is 0 Å². The fraction of sp³-hybridized carbons (Fsp3) is 0.100. The summed E-state index contributed by atoms with van der Waals surface area (Å²) in [5.74, 6) is -1.01. The lowest BCUT2D eigenvalue weighted by Gasteiger charge is -2.02. The monoisotopic (exact) mass is 287 g/mol. The molecule has 0 unspecified atom stereocenters.